The van der Waals surface area contributed by atoms with Gasteiger partial charge in [0, 0.05) is 12.1 Å². The Hall–Kier alpha value is -1.47. The Bertz CT molecular complexity index is 480. The van der Waals surface area contributed by atoms with Gasteiger partial charge in [-0.25, -0.2) is 0 Å². The van der Waals surface area contributed by atoms with E-state index in [1.165, 1.54) is 0 Å². The SMILES string of the molecule is Cc1cccc(C(=O)NC[C@H]2N[C@H](CO)[C@H](O)[C@@H]2O)c1. The molecule has 6 heteroatoms. The Kier molecular flexibility index (Phi) is 4.72. The molecule has 1 fully saturated rings. The van der Waals surface area contributed by atoms with Gasteiger partial charge in [0.1, 0.15) is 0 Å². The second-order valence-electron chi connectivity index (χ2n) is 5.12. The Morgan fingerprint density at radius 2 is 2.00 bits per heavy atom. The van der Waals surface area contributed by atoms with E-state index in [9.17, 15) is 15.0 Å². The summed E-state index contributed by atoms with van der Waals surface area (Å²) < 4.78 is 0. The number of carbonyl (C=O) groups excluding carboxylic acids is 1. The maximum absolute atomic E-state index is 12.0. The highest BCUT2D eigenvalue weighted by atomic mass is 16.3. The van der Waals surface area contributed by atoms with Gasteiger partial charge in [-0.3, -0.25) is 4.79 Å². The maximum Gasteiger partial charge on any atom is 0.251 e. The van der Waals surface area contributed by atoms with Crippen molar-refractivity contribution in [1.29, 1.82) is 0 Å². The number of aliphatic hydroxyl groups excluding tert-OH is 3. The van der Waals surface area contributed by atoms with Crippen molar-refractivity contribution in [3.8, 4) is 0 Å². The van der Waals surface area contributed by atoms with Crippen LogP contribution < -0.4 is 10.6 Å². The molecular formula is C14H20N2O4. The van der Waals surface area contributed by atoms with Crippen LogP contribution in [0.4, 0.5) is 0 Å². The van der Waals surface area contributed by atoms with Gasteiger partial charge in [0.25, 0.3) is 5.91 Å². The second-order valence-corrected chi connectivity index (χ2v) is 5.12. The second kappa shape index (κ2) is 6.32. The van der Waals surface area contributed by atoms with Crippen LogP contribution in [0.1, 0.15) is 15.9 Å². The fraction of sp³-hybridized carbons (Fsp3) is 0.500. The summed E-state index contributed by atoms with van der Waals surface area (Å²) in [6.45, 7) is 1.82. The van der Waals surface area contributed by atoms with Crippen LogP contribution in [0.3, 0.4) is 0 Å². The van der Waals surface area contributed by atoms with Crippen molar-refractivity contribution in [2.75, 3.05) is 13.2 Å². The molecule has 0 bridgehead atoms. The molecule has 0 aliphatic carbocycles. The van der Waals surface area contributed by atoms with Crippen LogP contribution in [-0.2, 0) is 0 Å². The van der Waals surface area contributed by atoms with Crippen LogP contribution in [0.25, 0.3) is 0 Å². The van der Waals surface area contributed by atoms with Crippen LogP contribution in [0, 0.1) is 6.92 Å². The summed E-state index contributed by atoms with van der Waals surface area (Å²) >= 11 is 0. The minimum atomic E-state index is -1.03. The number of benzene rings is 1. The lowest BCUT2D eigenvalue weighted by Gasteiger charge is -2.16. The first-order valence-corrected chi connectivity index (χ1v) is 6.61. The standard InChI is InChI=1S/C14H20N2O4/c1-8-3-2-4-9(5-8)14(20)15-6-10-12(18)13(19)11(7-17)16-10/h2-5,10-13,16-19H,6-7H2,1H3,(H,15,20)/t10-,11-,12-,13+/m1/s1. The van der Waals surface area contributed by atoms with Crippen LogP contribution in [0.5, 0.6) is 0 Å². The van der Waals surface area contributed by atoms with Gasteiger partial charge in [0.05, 0.1) is 30.9 Å². The smallest absolute Gasteiger partial charge is 0.251 e. The molecule has 5 N–H and O–H groups in total. The molecular weight excluding hydrogens is 260 g/mol. The van der Waals surface area contributed by atoms with Gasteiger partial charge in [-0.15, -0.1) is 0 Å². The molecule has 0 spiro atoms. The molecule has 110 valence electrons. The van der Waals surface area contributed by atoms with Gasteiger partial charge in [-0.05, 0) is 19.1 Å². The molecule has 1 amide bonds. The fourth-order valence-electron chi connectivity index (χ4n) is 2.38. The lowest BCUT2D eigenvalue weighted by molar-refractivity contribution is 0.0197. The molecule has 1 aromatic carbocycles. The van der Waals surface area contributed by atoms with E-state index < -0.39 is 24.3 Å². The molecule has 6 nitrogen and oxygen atoms in total. The molecule has 0 radical (unpaired) electrons. The monoisotopic (exact) mass is 280 g/mol. The van der Waals surface area contributed by atoms with Crippen molar-refractivity contribution in [3.05, 3.63) is 35.4 Å². The van der Waals surface area contributed by atoms with E-state index in [0.717, 1.165) is 5.56 Å². The molecule has 20 heavy (non-hydrogen) atoms. The molecule has 0 unspecified atom stereocenters. The molecule has 0 aromatic heterocycles. The highest BCUT2D eigenvalue weighted by Crippen LogP contribution is 2.14. The van der Waals surface area contributed by atoms with Crippen LogP contribution in [0.2, 0.25) is 0 Å². The third kappa shape index (κ3) is 3.16. The summed E-state index contributed by atoms with van der Waals surface area (Å²) in [5.41, 5.74) is 1.55. The number of aliphatic hydroxyl groups is 3. The van der Waals surface area contributed by atoms with Crippen molar-refractivity contribution in [2.45, 2.75) is 31.2 Å². The lowest BCUT2D eigenvalue weighted by atomic mass is 10.1. The topological polar surface area (TPSA) is 102 Å². The van der Waals surface area contributed by atoms with E-state index in [1.807, 2.05) is 13.0 Å². The number of amides is 1. The first kappa shape index (κ1) is 14.9. The number of rotatable bonds is 4. The van der Waals surface area contributed by atoms with Crippen molar-refractivity contribution in [2.24, 2.45) is 0 Å². The minimum Gasteiger partial charge on any atom is -0.395 e. The molecule has 1 aliphatic rings. The van der Waals surface area contributed by atoms with Gasteiger partial charge in [-0.1, -0.05) is 17.7 Å². The maximum atomic E-state index is 12.0. The zero-order valence-electron chi connectivity index (χ0n) is 11.3. The molecule has 0 saturated carbocycles. The number of nitrogens with one attached hydrogen (secondary N) is 2. The Balaban J connectivity index is 1.91. The van der Waals surface area contributed by atoms with Crippen molar-refractivity contribution < 1.29 is 20.1 Å². The third-order valence-electron chi connectivity index (χ3n) is 3.56. The highest BCUT2D eigenvalue weighted by Gasteiger charge is 2.40. The van der Waals surface area contributed by atoms with Gasteiger partial charge in [-0.2, -0.15) is 0 Å². The van der Waals surface area contributed by atoms with Crippen LogP contribution in [0.15, 0.2) is 24.3 Å². The van der Waals surface area contributed by atoms with Gasteiger partial charge < -0.3 is 26.0 Å². The van der Waals surface area contributed by atoms with Gasteiger partial charge in [0.2, 0.25) is 0 Å². The van der Waals surface area contributed by atoms with Gasteiger partial charge in [0.15, 0.2) is 0 Å². The van der Waals surface area contributed by atoms with Crippen molar-refractivity contribution in [3.63, 3.8) is 0 Å². The normalized spacial score (nSPS) is 29.4. The summed E-state index contributed by atoms with van der Waals surface area (Å²) in [7, 11) is 0. The molecule has 1 saturated heterocycles. The minimum absolute atomic E-state index is 0.182. The number of aryl methyl sites for hydroxylation is 1. The van der Waals surface area contributed by atoms with E-state index >= 15 is 0 Å². The largest absolute Gasteiger partial charge is 0.395 e. The Labute approximate surface area is 117 Å². The summed E-state index contributed by atoms with van der Waals surface area (Å²) in [6.07, 6.45) is -2.04. The molecule has 2 rings (SSSR count). The highest BCUT2D eigenvalue weighted by molar-refractivity contribution is 5.94. The summed E-state index contributed by atoms with van der Waals surface area (Å²) in [5.74, 6) is -0.232. The van der Waals surface area contributed by atoms with E-state index in [-0.39, 0.29) is 19.1 Å². The molecule has 1 heterocycles. The third-order valence-corrected chi connectivity index (χ3v) is 3.56. The molecule has 4 atom stereocenters. The first-order chi connectivity index (χ1) is 9.52. The number of carbonyl (C=O) groups is 1. The first-order valence-electron chi connectivity index (χ1n) is 6.61. The fourth-order valence-corrected chi connectivity index (χ4v) is 2.38. The van der Waals surface area contributed by atoms with Crippen molar-refractivity contribution in [1.82, 2.24) is 10.6 Å². The van der Waals surface area contributed by atoms with E-state index in [1.54, 1.807) is 18.2 Å². The summed E-state index contributed by atoms with van der Waals surface area (Å²) in [6, 6.07) is 6.16. The lowest BCUT2D eigenvalue weighted by Crippen LogP contribution is -2.44. The molecule has 1 aliphatic heterocycles. The number of hydrogen-bond acceptors (Lipinski definition) is 5. The van der Waals surface area contributed by atoms with Crippen LogP contribution >= 0.6 is 0 Å². The van der Waals surface area contributed by atoms with Gasteiger partial charge >= 0.3 is 0 Å². The Morgan fingerprint density at radius 1 is 1.30 bits per heavy atom. The summed E-state index contributed by atoms with van der Waals surface area (Å²) in [4.78, 5) is 12.0. The predicted molar refractivity (Wildman–Crippen MR) is 73.3 cm³/mol. The zero-order chi connectivity index (χ0) is 14.7. The molecule has 1 aromatic rings. The summed E-state index contributed by atoms with van der Waals surface area (Å²) in [5, 5.41) is 34.1. The number of hydrogen-bond donors (Lipinski definition) is 5. The quantitative estimate of drug-likeness (QED) is 0.476. The van der Waals surface area contributed by atoms with Crippen molar-refractivity contribution >= 4 is 5.91 Å². The van der Waals surface area contributed by atoms with E-state index in [2.05, 4.69) is 10.6 Å². The predicted octanol–water partition coefficient (Wildman–Crippen LogP) is -1.22. The van der Waals surface area contributed by atoms with E-state index in [0.29, 0.717) is 5.56 Å². The van der Waals surface area contributed by atoms with E-state index in [4.69, 9.17) is 5.11 Å². The average molecular weight is 280 g/mol. The zero-order valence-corrected chi connectivity index (χ0v) is 11.3. The Morgan fingerprint density at radius 3 is 2.60 bits per heavy atom. The van der Waals surface area contributed by atoms with Crippen LogP contribution in [-0.4, -0.2) is 58.7 Å². The average Bonchev–Trinajstić information content (AvgIpc) is 2.72.